The first-order chi connectivity index (χ1) is 14.2. The molecule has 6 nitrogen and oxygen atoms in total. The lowest BCUT2D eigenvalue weighted by Crippen LogP contribution is -2.44. The number of benzene rings is 1. The standard InChI is InChI=1S/C23H33N3O3/c27-22(26-11-5-2-6-12-26)18-9-10-20(13-18)25-23(28)24-15-21-14-19(16-29-21)17-7-3-1-4-8-17/h1,3-4,7-8,18-21H,2,5-6,9-16H2,(H2,24,25,28)/t18-,19+,20+,21+/m1/s1. The van der Waals surface area contributed by atoms with Crippen LogP contribution < -0.4 is 10.6 Å². The number of piperidine rings is 1. The largest absolute Gasteiger partial charge is 0.376 e. The maximum atomic E-state index is 12.7. The normalized spacial score (nSPS) is 29.6. The summed E-state index contributed by atoms with van der Waals surface area (Å²) < 4.78 is 5.86. The third kappa shape index (κ3) is 5.30. The monoisotopic (exact) mass is 399 g/mol. The molecule has 0 spiro atoms. The number of hydrogen-bond acceptors (Lipinski definition) is 3. The minimum Gasteiger partial charge on any atom is -0.376 e. The van der Waals surface area contributed by atoms with Crippen LogP contribution in [0.4, 0.5) is 4.79 Å². The van der Waals surface area contributed by atoms with Gasteiger partial charge in [0, 0.05) is 37.5 Å². The number of carbonyl (C=O) groups is 2. The highest BCUT2D eigenvalue weighted by Gasteiger charge is 2.34. The molecule has 3 aliphatic rings. The summed E-state index contributed by atoms with van der Waals surface area (Å²) in [5.74, 6) is 0.770. The fraction of sp³-hybridized carbons (Fsp3) is 0.652. The lowest BCUT2D eigenvalue weighted by Gasteiger charge is -2.29. The summed E-state index contributed by atoms with van der Waals surface area (Å²) >= 11 is 0. The lowest BCUT2D eigenvalue weighted by atomic mass is 9.96. The molecule has 0 aromatic heterocycles. The SMILES string of the molecule is O=C(NC[C@@H]1C[C@H](c2ccccc2)CO1)N[C@H]1CC[C@@H](C(=O)N2CCCCC2)C1. The molecule has 4 atom stereocenters. The van der Waals surface area contributed by atoms with E-state index in [1.807, 2.05) is 11.0 Å². The van der Waals surface area contributed by atoms with Crippen LogP contribution in [0, 0.1) is 5.92 Å². The van der Waals surface area contributed by atoms with Gasteiger partial charge in [0.15, 0.2) is 0 Å². The molecule has 0 unspecified atom stereocenters. The molecule has 3 fully saturated rings. The van der Waals surface area contributed by atoms with Crippen LogP contribution in [0.25, 0.3) is 0 Å². The van der Waals surface area contributed by atoms with Crippen molar-refractivity contribution >= 4 is 11.9 Å². The minimum atomic E-state index is -0.146. The van der Waals surface area contributed by atoms with Crippen molar-refractivity contribution in [2.45, 2.75) is 63.0 Å². The second-order valence-electron chi connectivity index (χ2n) is 8.75. The molecular weight excluding hydrogens is 366 g/mol. The molecule has 2 N–H and O–H groups in total. The van der Waals surface area contributed by atoms with Crippen LogP contribution in [0.3, 0.4) is 0 Å². The quantitative estimate of drug-likeness (QED) is 0.800. The molecule has 2 saturated heterocycles. The van der Waals surface area contributed by atoms with Gasteiger partial charge >= 0.3 is 6.03 Å². The van der Waals surface area contributed by atoms with Crippen molar-refractivity contribution in [3.8, 4) is 0 Å². The van der Waals surface area contributed by atoms with Crippen LogP contribution in [0.5, 0.6) is 0 Å². The number of urea groups is 1. The number of hydrogen-bond donors (Lipinski definition) is 2. The molecule has 1 aliphatic carbocycles. The summed E-state index contributed by atoms with van der Waals surface area (Å²) in [6.07, 6.45) is 6.99. The molecule has 1 aromatic carbocycles. The predicted octanol–water partition coefficient (Wildman–Crippen LogP) is 3.04. The van der Waals surface area contributed by atoms with E-state index in [4.69, 9.17) is 4.74 Å². The maximum Gasteiger partial charge on any atom is 0.315 e. The van der Waals surface area contributed by atoms with Gasteiger partial charge < -0.3 is 20.3 Å². The summed E-state index contributed by atoms with van der Waals surface area (Å²) in [5.41, 5.74) is 1.30. The van der Waals surface area contributed by atoms with E-state index in [-0.39, 0.29) is 24.1 Å². The fourth-order valence-corrected chi connectivity index (χ4v) is 4.96. The molecule has 0 bridgehead atoms. The third-order valence-electron chi connectivity index (χ3n) is 6.63. The smallest absolute Gasteiger partial charge is 0.315 e. The second-order valence-corrected chi connectivity index (χ2v) is 8.75. The average Bonchev–Trinajstić information content (AvgIpc) is 3.43. The molecule has 1 saturated carbocycles. The Morgan fingerprint density at radius 1 is 1.03 bits per heavy atom. The first kappa shape index (κ1) is 20.2. The Kier molecular flexibility index (Phi) is 6.70. The van der Waals surface area contributed by atoms with Gasteiger partial charge in [-0.25, -0.2) is 4.79 Å². The van der Waals surface area contributed by atoms with Gasteiger partial charge in [-0.15, -0.1) is 0 Å². The van der Waals surface area contributed by atoms with Gasteiger partial charge in [0.25, 0.3) is 0 Å². The zero-order chi connectivity index (χ0) is 20.1. The van der Waals surface area contributed by atoms with E-state index in [2.05, 4.69) is 34.9 Å². The molecule has 2 heterocycles. The van der Waals surface area contributed by atoms with E-state index in [1.54, 1.807) is 0 Å². The Hall–Kier alpha value is -2.08. The second kappa shape index (κ2) is 9.61. The van der Waals surface area contributed by atoms with Crippen LogP contribution in [0.15, 0.2) is 30.3 Å². The van der Waals surface area contributed by atoms with Crippen molar-refractivity contribution in [1.29, 1.82) is 0 Å². The summed E-state index contributed by atoms with van der Waals surface area (Å²) in [5, 5.41) is 6.02. The highest BCUT2D eigenvalue weighted by Crippen LogP contribution is 2.30. The molecule has 158 valence electrons. The highest BCUT2D eigenvalue weighted by atomic mass is 16.5. The van der Waals surface area contributed by atoms with Crippen molar-refractivity contribution < 1.29 is 14.3 Å². The zero-order valence-electron chi connectivity index (χ0n) is 17.1. The molecular formula is C23H33N3O3. The van der Waals surface area contributed by atoms with Crippen LogP contribution in [-0.4, -0.2) is 55.2 Å². The highest BCUT2D eigenvalue weighted by molar-refractivity contribution is 5.80. The topological polar surface area (TPSA) is 70.7 Å². The Morgan fingerprint density at radius 3 is 2.62 bits per heavy atom. The minimum absolute atomic E-state index is 0.0583. The van der Waals surface area contributed by atoms with E-state index in [1.165, 1.54) is 12.0 Å². The Balaban J connectivity index is 1.16. The van der Waals surface area contributed by atoms with Gasteiger partial charge in [0.1, 0.15) is 0 Å². The predicted molar refractivity (Wildman–Crippen MR) is 112 cm³/mol. The first-order valence-electron chi connectivity index (χ1n) is 11.2. The molecule has 29 heavy (non-hydrogen) atoms. The van der Waals surface area contributed by atoms with Crippen molar-refractivity contribution in [3.05, 3.63) is 35.9 Å². The molecule has 6 heteroatoms. The first-order valence-corrected chi connectivity index (χ1v) is 11.2. The molecule has 2 aliphatic heterocycles. The van der Waals surface area contributed by atoms with E-state index in [9.17, 15) is 9.59 Å². The summed E-state index contributed by atoms with van der Waals surface area (Å²) in [6, 6.07) is 10.4. The van der Waals surface area contributed by atoms with E-state index in [0.29, 0.717) is 25.0 Å². The molecule has 4 rings (SSSR count). The van der Waals surface area contributed by atoms with Gasteiger partial charge in [-0.3, -0.25) is 4.79 Å². The van der Waals surface area contributed by atoms with Crippen LogP contribution in [-0.2, 0) is 9.53 Å². The van der Waals surface area contributed by atoms with E-state index in [0.717, 1.165) is 51.6 Å². The number of ether oxygens (including phenoxy) is 1. The third-order valence-corrected chi connectivity index (χ3v) is 6.63. The number of carbonyl (C=O) groups excluding carboxylic acids is 2. The Labute approximate surface area is 173 Å². The maximum absolute atomic E-state index is 12.7. The van der Waals surface area contributed by atoms with Gasteiger partial charge in [0.2, 0.25) is 5.91 Å². The summed E-state index contributed by atoms with van der Waals surface area (Å²) in [4.78, 5) is 27.0. The molecule has 3 amide bonds. The van der Waals surface area contributed by atoms with Gasteiger partial charge in [-0.2, -0.15) is 0 Å². The van der Waals surface area contributed by atoms with Crippen LogP contribution in [0.2, 0.25) is 0 Å². The number of likely N-dealkylation sites (tertiary alicyclic amines) is 1. The number of amides is 3. The summed E-state index contributed by atoms with van der Waals surface area (Å²) in [6.45, 7) is 3.04. The van der Waals surface area contributed by atoms with Gasteiger partial charge in [0.05, 0.1) is 12.7 Å². The van der Waals surface area contributed by atoms with E-state index < -0.39 is 0 Å². The van der Waals surface area contributed by atoms with Crippen LogP contribution >= 0.6 is 0 Å². The Bertz CT molecular complexity index is 690. The van der Waals surface area contributed by atoms with Crippen molar-refractivity contribution in [1.82, 2.24) is 15.5 Å². The fourth-order valence-electron chi connectivity index (χ4n) is 4.96. The van der Waals surface area contributed by atoms with Crippen molar-refractivity contribution in [2.75, 3.05) is 26.2 Å². The van der Waals surface area contributed by atoms with Gasteiger partial charge in [-0.1, -0.05) is 30.3 Å². The van der Waals surface area contributed by atoms with Crippen LogP contribution in [0.1, 0.15) is 56.4 Å². The number of rotatable bonds is 5. The molecule has 0 radical (unpaired) electrons. The van der Waals surface area contributed by atoms with Crippen molar-refractivity contribution in [2.24, 2.45) is 5.92 Å². The van der Waals surface area contributed by atoms with Gasteiger partial charge in [-0.05, 0) is 50.5 Å². The lowest BCUT2D eigenvalue weighted by molar-refractivity contribution is -0.136. The van der Waals surface area contributed by atoms with E-state index >= 15 is 0 Å². The number of nitrogens with one attached hydrogen (secondary N) is 2. The Morgan fingerprint density at radius 2 is 1.83 bits per heavy atom. The number of nitrogens with zero attached hydrogens (tertiary/aromatic N) is 1. The zero-order valence-corrected chi connectivity index (χ0v) is 17.1. The molecule has 1 aromatic rings. The van der Waals surface area contributed by atoms with Crippen molar-refractivity contribution in [3.63, 3.8) is 0 Å². The summed E-state index contributed by atoms with van der Waals surface area (Å²) in [7, 11) is 0. The average molecular weight is 400 g/mol.